The summed E-state index contributed by atoms with van der Waals surface area (Å²) in [7, 11) is 0. The number of rotatable bonds is 5. The molecule has 3 N–H and O–H groups in total. The largest absolute Gasteiger partial charge is 0.392 e. The van der Waals surface area contributed by atoms with Crippen LogP contribution >= 0.6 is 0 Å². The lowest BCUT2D eigenvalue weighted by Gasteiger charge is -2.36. The van der Waals surface area contributed by atoms with Crippen molar-refractivity contribution in [2.24, 2.45) is 0 Å². The fourth-order valence-electron chi connectivity index (χ4n) is 2.37. The first kappa shape index (κ1) is 11.3. The molecule has 0 aromatic carbocycles. The molecule has 2 unspecified atom stereocenters. The Morgan fingerprint density at radius 2 is 2.20 bits per heavy atom. The molecule has 0 aromatic heterocycles. The zero-order valence-corrected chi connectivity index (χ0v) is 9.41. The van der Waals surface area contributed by atoms with Gasteiger partial charge < -0.3 is 20.5 Å². The Balaban J connectivity index is 1.53. The van der Waals surface area contributed by atoms with Crippen molar-refractivity contribution in [1.82, 2.24) is 10.6 Å². The minimum atomic E-state index is -0.144. The van der Waals surface area contributed by atoms with Gasteiger partial charge in [0.1, 0.15) is 0 Å². The highest BCUT2D eigenvalue weighted by Crippen LogP contribution is 2.23. The predicted octanol–water partition coefficient (Wildman–Crippen LogP) is -0.134. The molecule has 15 heavy (non-hydrogen) atoms. The van der Waals surface area contributed by atoms with Crippen LogP contribution in [0.5, 0.6) is 0 Å². The van der Waals surface area contributed by atoms with E-state index in [0.717, 1.165) is 39.0 Å². The SMILES string of the molecule is CCOC1CC(NCC2CC(O)CN2)C1. The molecule has 4 heteroatoms. The summed E-state index contributed by atoms with van der Waals surface area (Å²) in [5, 5.41) is 16.2. The van der Waals surface area contributed by atoms with Gasteiger partial charge in [-0.15, -0.1) is 0 Å². The molecule has 1 saturated heterocycles. The summed E-state index contributed by atoms with van der Waals surface area (Å²) in [6.45, 7) is 4.59. The zero-order chi connectivity index (χ0) is 10.7. The second-order valence-corrected chi connectivity index (χ2v) is 4.65. The molecule has 2 fully saturated rings. The van der Waals surface area contributed by atoms with Gasteiger partial charge in [-0.3, -0.25) is 0 Å². The van der Waals surface area contributed by atoms with Crippen molar-refractivity contribution >= 4 is 0 Å². The van der Waals surface area contributed by atoms with Crippen LogP contribution in [0.1, 0.15) is 26.2 Å². The Hall–Kier alpha value is -0.160. The van der Waals surface area contributed by atoms with E-state index in [1.54, 1.807) is 0 Å². The van der Waals surface area contributed by atoms with E-state index in [9.17, 15) is 5.11 Å². The summed E-state index contributed by atoms with van der Waals surface area (Å²) < 4.78 is 5.50. The van der Waals surface area contributed by atoms with Gasteiger partial charge in [0.05, 0.1) is 12.2 Å². The smallest absolute Gasteiger partial charge is 0.0680 e. The Kier molecular flexibility index (Phi) is 3.97. The molecule has 0 spiro atoms. The Morgan fingerprint density at radius 1 is 1.40 bits per heavy atom. The normalized spacial score (nSPS) is 40.4. The lowest BCUT2D eigenvalue weighted by atomic mass is 9.89. The number of aliphatic hydroxyl groups excluding tert-OH is 1. The highest BCUT2D eigenvalue weighted by atomic mass is 16.5. The third-order valence-corrected chi connectivity index (χ3v) is 3.35. The number of hydrogen-bond donors (Lipinski definition) is 3. The molecule has 2 rings (SSSR count). The van der Waals surface area contributed by atoms with Gasteiger partial charge in [-0.25, -0.2) is 0 Å². The molecule has 1 saturated carbocycles. The molecule has 0 radical (unpaired) electrons. The maximum atomic E-state index is 9.34. The van der Waals surface area contributed by atoms with E-state index in [1.165, 1.54) is 0 Å². The quantitative estimate of drug-likeness (QED) is 0.596. The van der Waals surface area contributed by atoms with Gasteiger partial charge in [0.15, 0.2) is 0 Å². The van der Waals surface area contributed by atoms with E-state index in [0.29, 0.717) is 18.2 Å². The van der Waals surface area contributed by atoms with Gasteiger partial charge in [0, 0.05) is 31.8 Å². The average Bonchev–Trinajstić information content (AvgIpc) is 2.55. The monoisotopic (exact) mass is 214 g/mol. The number of aliphatic hydroxyl groups is 1. The van der Waals surface area contributed by atoms with E-state index in [4.69, 9.17) is 4.74 Å². The van der Waals surface area contributed by atoms with Crippen molar-refractivity contribution < 1.29 is 9.84 Å². The van der Waals surface area contributed by atoms with Crippen LogP contribution in [0, 0.1) is 0 Å². The Morgan fingerprint density at radius 3 is 2.80 bits per heavy atom. The lowest BCUT2D eigenvalue weighted by Crippen LogP contribution is -2.48. The third kappa shape index (κ3) is 3.14. The van der Waals surface area contributed by atoms with Gasteiger partial charge in [0.25, 0.3) is 0 Å². The molecule has 0 bridgehead atoms. The first-order valence-corrected chi connectivity index (χ1v) is 6.04. The van der Waals surface area contributed by atoms with Crippen molar-refractivity contribution in [3.05, 3.63) is 0 Å². The molecule has 1 aliphatic carbocycles. The number of hydrogen-bond acceptors (Lipinski definition) is 4. The van der Waals surface area contributed by atoms with Gasteiger partial charge >= 0.3 is 0 Å². The van der Waals surface area contributed by atoms with Crippen molar-refractivity contribution in [3.63, 3.8) is 0 Å². The first-order valence-electron chi connectivity index (χ1n) is 6.04. The van der Waals surface area contributed by atoms with Crippen LogP contribution < -0.4 is 10.6 Å². The van der Waals surface area contributed by atoms with Gasteiger partial charge in [-0.05, 0) is 26.2 Å². The minimum absolute atomic E-state index is 0.144. The summed E-state index contributed by atoms with van der Waals surface area (Å²) in [6.07, 6.45) is 3.50. The molecule has 0 amide bonds. The van der Waals surface area contributed by atoms with Gasteiger partial charge in [-0.2, -0.15) is 0 Å². The first-order chi connectivity index (χ1) is 7.28. The summed E-state index contributed by atoms with van der Waals surface area (Å²) in [5.41, 5.74) is 0. The third-order valence-electron chi connectivity index (χ3n) is 3.35. The standard InChI is InChI=1S/C11H22N2O2/c1-2-15-11-4-8(5-11)12-6-9-3-10(14)7-13-9/h8-14H,2-7H2,1H3. The van der Waals surface area contributed by atoms with E-state index in [-0.39, 0.29) is 6.10 Å². The Bertz CT molecular complexity index is 195. The second-order valence-electron chi connectivity index (χ2n) is 4.65. The summed E-state index contributed by atoms with van der Waals surface area (Å²) in [4.78, 5) is 0. The highest BCUT2D eigenvalue weighted by Gasteiger charge is 2.30. The molecular weight excluding hydrogens is 192 g/mol. The molecule has 2 atom stereocenters. The lowest BCUT2D eigenvalue weighted by molar-refractivity contribution is -0.0101. The maximum Gasteiger partial charge on any atom is 0.0680 e. The van der Waals surface area contributed by atoms with Crippen molar-refractivity contribution in [3.8, 4) is 0 Å². The summed E-state index contributed by atoms with van der Waals surface area (Å²) >= 11 is 0. The zero-order valence-electron chi connectivity index (χ0n) is 9.41. The van der Waals surface area contributed by atoms with Crippen LogP contribution in [0.3, 0.4) is 0 Å². The molecule has 4 nitrogen and oxygen atoms in total. The second kappa shape index (κ2) is 5.25. The Labute approximate surface area is 91.4 Å². The van der Waals surface area contributed by atoms with E-state index >= 15 is 0 Å². The maximum absolute atomic E-state index is 9.34. The average molecular weight is 214 g/mol. The number of nitrogens with one attached hydrogen (secondary N) is 2. The fraction of sp³-hybridized carbons (Fsp3) is 1.00. The van der Waals surface area contributed by atoms with E-state index in [1.807, 2.05) is 6.92 Å². The molecular formula is C11H22N2O2. The van der Waals surface area contributed by atoms with Crippen molar-refractivity contribution in [2.75, 3.05) is 19.7 Å². The van der Waals surface area contributed by atoms with Crippen molar-refractivity contribution in [1.29, 1.82) is 0 Å². The molecule has 0 aromatic rings. The van der Waals surface area contributed by atoms with Crippen LogP contribution in [-0.2, 0) is 4.74 Å². The summed E-state index contributed by atoms with van der Waals surface area (Å²) in [5.74, 6) is 0. The van der Waals surface area contributed by atoms with Crippen LogP contribution in [0.25, 0.3) is 0 Å². The van der Waals surface area contributed by atoms with E-state index in [2.05, 4.69) is 10.6 Å². The minimum Gasteiger partial charge on any atom is -0.392 e. The van der Waals surface area contributed by atoms with Gasteiger partial charge in [-0.1, -0.05) is 0 Å². The fourth-order valence-corrected chi connectivity index (χ4v) is 2.37. The molecule has 2 aliphatic rings. The van der Waals surface area contributed by atoms with Crippen LogP contribution in [0.2, 0.25) is 0 Å². The van der Waals surface area contributed by atoms with Crippen molar-refractivity contribution in [2.45, 2.75) is 50.5 Å². The van der Waals surface area contributed by atoms with Crippen LogP contribution in [-0.4, -0.2) is 49.1 Å². The number of β-amino-alcohol motifs (C(OH)–C–C–N with tert-alkyl or cyclic N) is 1. The highest BCUT2D eigenvalue weighted by molar-refractivity contribution is 4.89. The predicted molar refractivity (Wildman–Crippen MR) is 58.9 cm³/mol. The number of ether oxygens (including phenoxy) is 1. The molecule has 88 valence electrons. The van der Waals surface area contributed by atoms with Crippen LogP contribution in [0.15, 0.2) is 0 Å². The van der Waals surface area contributed by atoms with E-state index < -0.39 is 0 Å². The topological polar surface area (TPSA) is 53.5 Å². The molecule has 1 heterocycles. The van der Waals surface area contributed by atoms with Crippen LogP contribution in [0.4, 0.5) is 0 Å². The van der Waals surface area contributed by atoms with Gasteiger partial charge in [0.2, 0.25) is 0 Å². The summed E-state index contributed by atoms with van der Waals surface area (Å²) in [6, 6.07) is 1.08. The molecule has 1 aliphatic heterocycles.